The Balaban J connectivity index is 2.43. The van der Waals surface area contributed by atoms with Gasteiger partial charge in [0.05, 0.1) is 0 Å². The summed E-state index contributed by atoms with van der Waals surface area (Å²) in [4.78, 5) is 15.6. The van der Waals surface area contributed by atoms with E-state index in [9.17, 15) is 4.79 Å². The largest absolute Gasteiger partial charge is 0.326 e. The molecular formula is C12H19N3O. The quantitative estimate of drug-likeness (QED) is 0.798. The molecular weight excluding hydrogens is 202 g/mol. The van der Waals surface area contributed by atoms with Gasteiger partial charge in [0.25, 0.3) is 0 Å². The molecule has 0 aliphatic heterocycles. The van der Waals surface area contributed by atoms with E-state index in [1.54, 1.807) is 12.3 Å². The lowest BCUT2D eigenvalue weighted by Gasteiger charge is -2.06. The standard InChI is InChI=1S/C12H19N3O/c1-9(2)3-6-12(16)15-11-5-4-10(7-13)8-14-11/h4-5,8-9H,3,6-7,13H2,1-2H3,(H,14,15,16). The van der Waals surface area contributed by atoms with Gasteiger partial charge < -0.3 is 11.1 Å². The number of anilines is 1. The zero-order valence-electron chi connectivity index (χ0n) is 9.86. The van der Waals surface area contributed by atoms with E-state index in [2.05, 4.69) is 24.1 Å². The first-order valence-electron chi connectivity index (χ1n) is 5.56. The molecule has 0 fully saturated rings. The number of carbonyl (C=O) groups excluding carboxylic acids is 1. The number of pyridine rings is 1. The van der Waals surface area contributed by atoms with E-state index in [0.717, 1.165) is 12.0 Å². The number of hydrogen-bond donors (Lipinski definition) is 2. The van der Waals surface area contributed by atoms with Crippen molar-refractivity contribution >= 4 is 11.7 Å². The summed E-state index contributed by atoms with van der Waals surface area (Å²) in [5.41, 5.74) is 6.41. The molecule has 4 nitrogen and oxygen atoms in total. The maximum Gasteiger partial charge on any atom is 0.225 e. The van der Waals surface area contributed by atoms with Crippen molar-refractivity contribution in [2.24, 2.45) is 11.7 Å². The second-order valence-corrected chi connectivity index (χ2v) is 4.24. The molecule has 0 spiro atoms. The SMILES string of the molecule is CC(C)CCC(=O)Nc1ccc(CN)cn1. The molecule has 3 N–H and O–H groups in total. The van der Waals surface area contributed by atoms with Gasteiger partial charge in [0.2, 0.25) is 5.91 Å². The Morgan fingerprint density at radius 2 is 2.25 bits per heavy atom. The van der Waals surface area contributed by atoms with E-state index in [-0.39, 0.29) is 5.91 Å². The Labute approximate surface area is 96.3 Å². The second kappa shape index (κ2) is 6.23. The highest BCUT2D eigenvalue weighted by Crippen LogP contribution is 2.08. The normalized spacial score (nSPS) is 10.5. The molecule has 4 heteroatoms. The Morgan fingerprint density at radius 3 is 2.75 bits per heavy atom. The van der Waals surface area contributed by atoms with Crippen molar-refractivity contribution in [1.29, 1.82) is 0 Å². The molecule has 1 heterocycles. The molecule has 88 valence electrons. The fraction of sp³-hybridized carbons (Fsp3) is 0.500. The average Bonchev–Trinajstić information content (AvgIpc) is 2.27. The number of rotatable bonds is 5. The molecule has 1 amide bonds. The van der Waals surface area contributed by atoms with Gasteiger partial charge in [-0.1, -0.05) is 19.9 Å². The highest BCUT2D eigenvalue weighted by molar-refractivity contribution is 5.89. The third-order valence-electron chi connectivity index (χ3n) is 2.28. The van der Waals surface area contributed by atoms with Gasteiger partial charge >= 0.3 is 0 Å². The van der Waals surface area contributed by atoms with Gasteiger partial charge in [-0.3, -0.25) is 4.79 Å². The van der Waals surface area contributed by atoms with Crippen LogP contribution in [0, 0.1) is 5.92 Å². The summed E-state index contributed by atoms with van der Waals surface area (Å²) in [5.74, 6) is 1.14. The first-order chi connectivity index (χ1) is 7.61. The summed E-state index contributed by atoms with van der Waals surface area (Å²) >= 11 is 0. The number of aromatic nitrogens is 1. The fourth-order valence-corrected chi connectivity index (χ4v) is 1.24. The number of nitrogens with one attached hydrogen (secondary N) is 1. The van der Waals surface area contributed by atoms with Crippen LogP contribution < -0.4 is 11.1 Å². The van der Waals surface area contributed by atoms with Crippen LogP contribution in [0.25, 0.3) is 0 Å². The van der Waals surface area contributed by atoms with Gasteiger partial charge in [0, 0.05) is 19.2 Å². The highest BCUT2D eigenvalue weighted by Gasteiger charge is 2.04. The minimum atomic E-state index is 0.0155. The predicted molar refractivity (Wildman–Crippen MR) is 64.8 cm³/mol. The van der Waals surface area contributed by atoms with Crippen LogP contribution in [0.3, 0.4) is 0 Å². The van der Waals surface area contributed by atoms with Gasteiger partial charge in [-0.25, -0.2) is 4.98 Å². The van der Waals surface area contributed by atoms with Gasteiger partial charge in [-0.15, -0.1) is 0 Å². The molecule has 1 aromatic rings. The van der Waals surface area contributed by atoms with E-state index in [4.69, 9.17) is 5.73 Å². The maximum absolute atomic E-state index is 11.5. The Hall–Kier alpha value is -1.42. The molecule has 0 saturated carbocycles. The van der Waals surface area contributed by atoms with Crippen LogP contribution in [0.2, 0.25) is 0 Å². The van der Waals surface area contributed by atoms with Crippen LogP contribution in [-0.2, 0) is 11.3 Å². The van der Waals surface area contributed by atoms with Gasteiger partial charge in [0.15, 0.2) is 0 Å². The molecule has 0 unspecified atom stereocenters. The molecule has 1 aromatic heterocycles. The monoisotopic (exact) mass is 221 g/mol. The summed E-state index contributed by atoms with van der Waals surface area (Å²) in [6, 6.07) is 3.64. The van der Waals surface area contributed by atoms with Crippen molar-refractivity contribution in [3.63, 3.8) is 0 Å². The molecule has 0 aliphatic carbocycles. The molecule has 0 radical (unpaired) electrons. The molecule has 0 saturated heterocycles. The van der Waals surface area contributed by atoms with E-state index < -0.39 is 0 Å². The van der Waals surface area contributed by atoms with Crippen molar-refractivity contribution < 1.29 is 4.79 Å². The highest BCUT2D eigenvalue weighted by atomic mass is 16.1. The molecule has 0 bridgehead atoms. The average molecular weight is 221 g/mol. The summed E-state index contributed by atoms with van der Waals surface area (Å²) in [5, 5.41) is 2.76. The first-order valence-corrected chi connectivity index (χ1v) is 5.56. The summed E-state index contributed by atoms with van der Waals surface area (Å²) in [6.07, 6.45) is 3.11. The van der Waals surface area contributed by atoms with Crippen molar-refractivity contribution in [3.05, 3.63) is 23.9 Å². The summed E-state index contributed by atoms with van der Waals surface area (Å²) < 4.78 is 0. The summed E-state index contributed by atoms with van der Waals surface area (Å²) in [7, 11) is 0. The predicted octanol–water partition coefficient (Wildman–Crippen LogP) is 1.91. The third-order valence-corrected chi connectivity index (χ3v) is 2.28. The fourth-order valence-electron chi connectivity index (χ4n) is 1.24. The van der Waals surface area contributed by atoms with E-state index >= 15 is 0 Å². The third kappa shape index (κ3) is 4.40. The van der Waals surface area contributed by atoms with Crippen LogP contribution in [0.5, 0.6) is 0 Å². The number of nitrogens with two attached hydrogens (primary N) is 1. The van der Waals surface area contributed by atoms with Crippen LogP contribution in [0.1, 0.15) is 32.3 Å². The lowest BCUT2D eigenvalue weighted by Crippen LogP contribution is -2.13. The number of amides is 1. The van der Waals surface area contributed by atoms with Crippen molar-refractivity contribution in [2.45, 2.75) is 33.2 Å². The Bertz CT molecular complexity index is 333. The van der Waals surface area contributed by atoms with Crippen molar-refractivity contribution in [3.8, 4) is 0 Å². The number of carbonyl (C=O) groups is 1. The van der Waals surface area contributed by atoms with Crippen LogP contribution in [0.15, 0.2) is 18.3 Å². The smallest absolute Gasteiger partial charge is 0.225 e. The van der Waals surface area contributed by atoms with Crippen LogP contribution in [0.4, 0.5) is 5.82 Å². The van der Waals surface area contributed by atoms with Gasteiger partial charge in [-0.2, -0.15) is 0 Å². The lowest BCUT2D eigenvalue weighted by atomic mass is 10.1. The summed E-state index contributed by atoms with van der Waals surface area (Å²) in [6.45, 7) is 4.66. The molecule has 1 rings (SSSR count). The Kier molecular flexibility index (Phi) is 4.92. The molecule has 0 atom stereocenters. The number of nitrogens with zero attached hydrogens (tertiary/aromatic N) is 1. The lowest BCUT2D eigenvalue weighted by molar-refractivity contribution is -0.116. The zero-order valence-corrected chi connectivity index (χ0v) is 9.86. The maximum atomic E-state index is 11.5. The molecule has 0 aliphatic rings. The zero-order chi connectivity index (χ0) is 12.0. The van der Waals surface area contributed by atoms with Crippen LogP contribution in [-0.4, -0.2) is 10.9 Å². The molecule has 0 aromatic carbocycles. The van der Waals surface area contributed by atoms with E-state index in [1.165, 1.54) is 0 Å². The van der Waals surface area contributed by atoms with Crippen molar-refractivity contribution in [1.82, 2.24) is 4.98 Å². The van der Waals surface area contributed by atoms with E-state index in [1.807, 2.05) is 6.07 Å². The minimum absolute atomic E-state index is 0.0155. The van der Waals surface area contributed by atoms with E-state index in [0.29, 0.717) is 24.7 Å². The first kappa shape index (κ1) is 12.6. The van der Waals surface area contributed by atoms with Crippen molar-refractivity contribution in [2.75, 3.05) is 5.32 Å². The Morgan fingerprint density at radius 1 is 1.50 bits per heavy atom. The minimum Gasteiger partial charge on any atom is -0.326 e. The number of hydrogen-bond acceptors (Lipinski definition) is 3. The topological polar surface area (TPSA) is 68.0 Å². The molecule has 16 heavy (non-hydrogen) atoms. The van der Waals surface area contributed by atoms with Gasteiger partial charge in [-0.05, 0) is 24.0 Å². The second-order valence-electron chi connectivity index (χ2n) is 4.24. The van der Waals surface area contributed by atoms with Crippen LogP contribution >= 0.6 is 0 Å². The van der Waals surface area contributed by atoms with Gasteiger partial charge in [0.1, 0.15) is 5.82 Å².